The van der Waals surface area contributed by atoms with Crippen LogP contribution in [0.2, 0.25) is 18.1 Å². The Morgan fingerprint density at radius 2 is 1.70 bits per heavy atom. The van der Waals surface area contributed by atoms with Gasteiger partial charge in [0.25, 0.3) is 0 Å². The molecule has 3 fully saturated rings. The molecule has 0 amide bonds. The van der Waals surface area contributed by atoms with Gasteiger partial charge in [-0.1, -0.05) is 34.6 Å². The van der Waals surface area contributed by atoms with Crippen molar-refractivity contribution in [3.63, 3.8) is 0 Å². The van der Waals surface area contributed by atoms with E-state index in [1.165, 1.54) is 7.11 Å². The monoisotopic (exact) mass is 398 g/mol. The topological polar surface area (TPSA) is 54.0 Å². The number of fused-ring (bicyclic) bond motifs is 1. The minimum atomic E-state index is -1.96. The smallest absolute Gasteiger partial charge is 0.311 e. The Bertz CT molecular complexity index is 570. The molecule has 3 rings (SSSR count). The molecule has 3 aliphatic rings. The third kappa shape index (κ3) is 4.00. The fourth-order valence-corrected chi connectivity index (χ4v) is 6.02. The minimum Gasteiger partial charge on any atom is -0.469 e. The summed E-state index contributed by atoms with van der Waals surface area (Å²) in [4.78, 5) is 12.7. The third-order valence-electron chi connectivity index (χ3n) is 7.30. The summed E-state index contributed by atoms with van der Waals surface area (Å²) in [5.74, 6) is -0.257. The van der Waals surface area contributed by atoms with E-state index >= 15 is 0 Å². The van der Waals surface area contributed by atoms with Gasteiger partial charge < -0.3 is 18.6 Å². The maximum Gasteiger partial charge on any atom is 0.311 e. The van der Waals surface area contributed by atoms with E-state index in [4.69, 9.17) is 18.6 Å². The first-order valence-corrected chi connectivity index (χ1v) is 13.2. The fraction of sp³-hybridized carbons (Fsp3) is 0.952. The number of esters is 1. The number of methoxy groups -OCH3 is 1. The van der Waals surface area contributed by atoms with Gasteiger partial charge >= 0.3 is 5.97 Å². The summed E-state index contributed by atoms with van der Waals surface area (Å²) in [6.07, 6.45) is 2.48. The molecule has 4 atom stereocenters. The summed E-state index contributed by atoms with van der Waals surface area (Å²) in [5.41, 5.74) is 0.0542. The minimum absolute atomic E-state index is 0.0503. The van der Waals surface area contributed by atoms with Crippen LogP contribution in [0.4, 0.5) is 0 Å². The van der Waals surface area contributed by atoms with Crippen LogP contribution in [0, 0.1) is 23.2 Å². The van der Waals surface area contributed by atoms with Gasteiger partial charge in [-0.3, -0.25) is 4.79 Å². The van der Waals surface area contributed by atoms with Crippen molar-refractivity contribution in [3.8, 4) is 0 Å². The Morgan fingerprint density at radius 1 is 1.11 bits per heavy atom. The lowest BCUT2D eigenvalue weighted by molar-refractivity contribution is -0.298. The van der Waals surface area contributed by atoms with Crippen molar-refractivity contribution < 1.29 is 23.4 Å². The molecule has 6 heteroatoms. The molecule has 0 N–H and O–H groups in total. The van der Waals surface area contributed by atoms with E-state index in [0.717, 1.165) is 19.3 Å². The summed E-state index contributed by atoms with van der Waals surface area (Å²) < 4.78 is 24.3. The molecule has 0 aromatic rings. The third-order valence-corrected chi connectivity index (χ3v) is 11.8. The Balaban J connectivity index is 1.76. The average Bonchev–Trinajstić information content (AvgIpc) is 3.02. The van der Waals surface area contributed by atoms with Gasteiger partial charge in [-0.15, -0.1) is 0 Å². The van der Waals surface area contributed by atoms with Gasteiger partial charge in [0.15, 0.2) is 14.1 Å². The predicted octanol–water partition coefficient (Wildman–Crippen LogP) is 4.37. The van der Waals surface area contributed by atoms with Gasteiger partial charge in [-0.2, -0.15) is 0 Å². The van der Waals surface area contributed by atoms with E-state index in [-0.39, 0.29) is 34.4 Å². The summed E-state index contributed by atoms with van der Waals surface area (Å²) in [5, 5.41) is 0.119. The molecule has 0 aromatic carbocycles. The Kier molecular flexibility index (Phi) is 5.37. The molecule has 1 saturated heterocycles. The largest absolute Gasteiger partial charge is 0.469 e. The highest BCUT2D eigenvalue weighted by molar-refractivity contribution is 6.74. The van der Waals surface area contributed by atoms with Gasteiger partial charge in [-0.05, 0) is 36.4 Å². The predicted molar refractivity (Wildman–Crippen MR) is 107 cm³/mol. The second-order valence-corrected chi connectivity index (χ2v) is 15.9. The molecule has 5 nitrogen and oxygen atoms in total. The van der Waals surface area contributed by atoms with Crippen LogP contribution in [0.25, 0.3) is 0 Å². The molecular formula is C21H38O5Si. The van der Waals surface area contributed by atoms with Crippen LogP contribution in [0.5, 0.6) is 0 Å². The van der Waals surface area contributed by atoms with Gasteiger partial charge in [0, 0.05) is 18.3 Å². The van der Waals surface area contributed by atoms with Crippen molar-refractivity contribution in [3.05, 3.63) is 0 Å². The Hall–Kier alpha value is -0.433. The first kappa shape index (κ1) is 21.3. The van der Waals surface area contributed by atoms with Crippen LogP contribution in [-0.4, -0.2) is 46.5 Å². The lowest BCUT2D eigenvalue weighted by Gasteiger charge is -2.43. The van der Waals surface area contributed by atoms with E-state index < -0.39 is 14.1 Å². The molecule has 156 valence electrons. The van der Waals surface area contributed by atoms with Crippen LogP contribution in [0.3, 0.4) is 0 Å². The van der Waals surface area contributed by atoms with Crippen LogP contribution in [0.15, 0.2) is 0 Å². The SMILES string of the molecule is COC(=O)C1C(O[Si](C)(C)C(C)(C)C)CC2CC3(CC21)OCC(C)(C)CO3. The van der Waals surface area contributed by atoms with Crippen LogP contribution >= 0.6 is 0 Å². The summed E-state index contributed by atoms with van der Waals surface area (Å²) in [6, 6.07) is 0. The van der Waals surface area contributed by atoms with Gasteiger partial charge in [0.05, 0.1) is 32.3 Å². The van der Waals surface area contributed by atoms with Gasteiger partial charge in [0.1, 0.15) is 0 Å². The molecule has 0 bridgehead atoms. The van der Waals surface area contributed by atoms with E-state index in [0.29, 0.717) is 19.1 Å². The molecule has 27 heavy (non-hydrogen) atoms. The average molecular weight is 399 g/mol. The first-order valence-electron chi connectivity index (χ1n) is 10.3. The maximum absolute atomic E-state index is 12.7. The van der Waals surface area contributed by atoms with Crippen LogP contribution in [0.1, 0.15) is 53.9 Å². The number of carbonyl (C=O) groups is 1. The van der Waals surface area contributed by atoms with Gasteiger partial charge in [-0.25, -0.2) is 0 Å². The normalized spacial score (nSPS) is 35.3. The zero-order chi connectivity index (χ0) is 20.3. The number of hydrogen-bond donors (Lipinski definition) is 0. The zero-order valence-electron chi connectivity index (χ0n) is 18.4. The molecule has 0 aromatic heterocycles. The second kappa shape index (κ2) is 6.82. The summed E-state index contributed by atoms with van der Waals surface area (Å²) in [6.45, 7) is 17.0. The van der Waals surface area contributed by atoms with E-state index in [1.54, 1.807) is 0 Å². The zero-order valence-corrected chi connectivity index (χ0v) is 19.4. The van der Waals surface area contributed by atoms with Crippen molar-refractivity contribution in [1.29, 1.82) is 0 Å². The first-order chi connectivity index (χ1) is 12.3. The molecule has 2 aliphatic carbocycles. The van der Waals surface area contributed by atoms with Crippen molar-refractivity contribution in [2.24, 2.45) is 23.2 Å². The van der Waals surface area contributed by atoms with Crippen molar-refractivity contribution in [2.45, 2.75) is 83.9 Å². The standard InChI is InChI=1S/C21H38O5Si/c1-19(2,3)27(7,8)26-16-9-14-10-21(24-12-20(4,5)13-25-21)11-15(14)17(16)18(22)23-6/h14-17H,9-13H2,1-8H3. The number of carbonyl (C=O) groups excluding carboxylic acids is 1. The van der Waals surface area contributed by atoms with Crippen LogP contribution in [-0.2, 0) is 23.4 Å². The molecular weight excluding hydrogens is 360 g/mol. The molecule has 4 unspecified atom stereocenters. The van der Waals surface area contributed by atoms with Crippen LogP contribution < -0.4 is 0 Å². The van der Waals surface area contributed by atoms with Gasteiger partial charge in [0.2, 0.25) is 0 Å². The molecule has 1 spiro atoms. The molecule has 1 aliphatic heterocycles. The van der Waals surface area contributed by atoms with Crippen molar-refractivity contribution >= 4 is 14.3 Å². The molecule has 0 radical (unpaired) electrons. The molecule has 1 heterocycles. The second-order valence-electron chi connectivity index (χ2n) is 11.2. The highest BCUT2D eigenvalue weighted by Crippen LogP contribution is 2.56. The van der Waals surface area contributed by atoms with Crippen molar-refractivity contribution in [2.75, 3.05) is 20.3 Å². The quantitative estimate of drug-likeness (QED) is 0.522. The lowest BCUT2D eigenvalue weighted by atomic mass is 9.90. The fourth-order valence-electron chi connectivity index (χ4n) is 4.67. The summed E-state index contributed by atoms with van der Waals surface area (Å²) >= 11 is 0. The van der Waals surface area contributed by atoms with Crippen molar-refractivity contribution in [1.82, 2.24) is 0 Å². The maximum atomic E-state index is 12.7. The number of rotatable bonds is 3. The van der Waals surface area contributed by atoms with E-state index in [9.17, 15) is 4.79 Å². The van der Waals surface area contributed by atoms with E-state index in [2.05, 4.69) is 47.7 Å². The van der Waals surface area contributed by atoms with E-state index in [1.807, 2.05) is 0 Å². The number of ether oxygens (including phenoxy) is 3. The highest BCUT2D eigenvalue weighted by Gasteiger charge is 2.60. The lowest BCUT2D eigenvalue weighted by Crippen LogP contribution is -2.48. The Labute approximate surface area is 165 Å². The molecule has 2 saturated carbocycles. The Morgan fingerprint density at radius 3 is 2.22 bits per heavy atom. The number of hydrogen-bond acceptors (Lipinski definition) is 5. The highest BCUT2D eigenvalue weighted by atomic mass is 28.4. The summed E-state index contributed by atoms with van der Waals surface area (Å²) in [7, 11) is -0.470.